The highest BCUT2D eigenvalue weighted by Gasteiger charge is 2.33. The first kappa shape index (κ1) is 14.6. The fraction of sp³-hybridized carbons (Fsp3) is 0.571. The summed E-state index contributed by atoms with van der Waals surface area (Å²) < 4.78 is 38.1. The van der Waals surface area contributed by atoms with Crippen LogP contribution in [0.2, 0.25) is 0 Å². The van der Waals surface area contributed by atoms with Gasteiger partial charge in [0.1, 0.15) is 13.2 Å². The molecule has 1 aromatic carbocycles. The Kier molecular flexibility index (Phi) is 3.81. The van der Waals surface area contributed by atoms with Gasteiger partial charge in [-0.15, -0.1) is 0 Å². The summed E-state index contributed by atoms with van der Waals surface area (Å²) >= 11 is 0. The minimum Gasteiger partial charge on any atom is -0.486 e. The van der Waals surface area contributed by atoms with E-state index in [-0.39, 0.29) is 10.9 Å². The summed E-state index contributed by atoms with van der Waals surface area (Å²) in [6.45, 7) is 4.87. The maximum Gasteiger partial charge on any atom is 0.243 e. The van der Waals surface area contributed by atoms with E-state index in [1.807, 2.05) is 14.0 Å². The van der Waals surface area contributed by atoms with Crippen LogP contribution in [0.1, 0.15) is 6.92 Å². The van der Waals surface area contributed by atoms with Crippen molar-refractivity contribution >= 4 is 10.0 Å². The van der Waals surface area contributed by atoms with E-state index in [2.05, 4.69) is 4.90 Å². The van der Waals surface area contributed by atoms with Gasteiger partial charge in [-0.25, -0.2) is 8.42 Å². The van der Waals surface area contributed by atoms with Crippen molar-refractivity contribution < 1.29 is 17.9 Å². The van der Waals surface area contributed by atoms with Crippen molar-refractivity contribution in [2.75, 3.05) is 39.9 Å². The van der Waals surface area contributed by atoms with Gasteiger partial charge in [-0.2, -0.15) is 4.31 Å². The van der Waals surface area contributed by atoms with Crippen LogP contribution in [0.3, 0.4) is 0 Å². The second-order valence-electron chi connectivity index (χ2n) is 5.53. The molecule has 0 bridgehead atoms. The Labute approximate surface area is 125 Å². The van der Waals surface area contributed by atoms with E-state index >= 15 is 0 Å². The smallest absolute Gasteiger partial charge is 0.243 e. The second-order valence-corrected chi connectivity index (χ2v) is 7.42. The van der Waals surface area contributed by atoms with Crippen molar-refractivity contribution in [1.29, 1.82) is 0 Å². The lowest BCUT2D eigenvalue weighted by Gasteiger charge is -2.37. The topological polar surface area (TPSA) is 59.1 Å². The first-order valence-corrected chi connectivity index (χ1v) is 8.52. The first-order chi connectivity index (χ1) is 9.98. The standard InChI is InChI=1S/C14H20N2O4S/c1-11-10-15(2)5-6-16(11)21(17,18)12-3-4-13-14(9-12)20-8-7-19-13/h3-4,9,11H,5-8,10H2,1-2H3. The largest absolute Gasteiger partial charge is 0.486 e. The lowest BCUT2D eigenvalue weighted by atomic mass is 10.2. The van der Waals surface area contributed by atoms with Crippen LogP contribution in [-0.2, 0) is 10.0 Å². The zero-order valence-corrected chi connectivity index (χ0v) is 13.1. The van der Waals surface area contributed by atoms with Gasteiger partial charge in [-0.1, -0.05) is 0 Å². The Balaban J connectivity index is 1.91. The molecule has 3 rings (SSSR count). The van der Waals surface area contributed by atoms with Gasteiger partial charge in [0, 0.05) is 31.7 Å². The lowest BCUT2D eigenvalue weighted by Crippen LogP contribution is -2.52. The summed E-state index contributed by atoms with van der Waals surface area (Å²) in [7, 11) is -1.49. The number of hydrogen-bond acceptors (Lipinski definition) is 5. The number of ether oxygens (including phenoxy) is 2. The van der Waals surface area contributed by atoms with Crippen molar-refractivity contribution in [2.24, 2.45) is 0 Å². The van der Waals surface area contributed by atoms with E-state index in [9.17, 15) is 8.42 Å². The number of benzene rings is 1. The molecule has 0 radical (unpaired) electrons. The van der Waals surface area contributed by atoms with Gasteiger partial charge in [0.2, 0.25) is 10.0 Å². The van der Waals surface area contributed by atoms with Gasteiger partial charge in [-0.3, -0.25) is 0 Å². The number of likely N-dealkylation sites (N-methyl/N-ethyl adjacent to an activating group) is 1. The zero-order valence-electron chi connectivity index (χ0n) is 12.3. The van der Waals surface area contributed by atoms with E-state index in [1.165, 1.54) is 0 Å². The highest BCUT2D eigenvalue weighted by atomic mass is 32.2. The molecule has 0 amide bonds. The third-order valence-electron chi connectivity index (χ3n) is 3.89. The van der Waals surface area contributed by atoms with E-state index in [1.54, 1.807) is 22.5 Å². The Bertz CT molecular complexity index is 632. The fourth-order valence-electron chi connectivity index (χ4n) is 2.80. The van der Waals surface area contributed by atoms with Crippen molar-refractivity contribution in [3.8, 4) is 11.5 Å². The lowest BCUT2D eigenvalue weighted by molar-refractivity contribution is 0.168. The van der Waals surface area contributed by atoms with Crippen molar-refractivity contribution in [2.45, 2.75) is 17.9 Å². The predicted molar refractivity (Wildman–Crippen MR) is 78.3 cm³/mol. The molecule has 0 saturated carbocycles. The molecule has 0 spiro atoms. The van der Waals surface area contributed by atoms with Crippen LogP contribution in [-0.4, -0.2) is 63.6 Å². The number of piperazine rings is 1. The molecular formula is C14H20N2O4S. The van der Waals surface area contributed by atoms with Gasteiger partial charge in [0.15, 0.2) is 11.5 Å². The van der Waals surface area contributed by atoms with Crippen LogP contribution >= 0.6 is 0 Å². The minimum atomic E-state index is -3.50. The molecule has 1 atom stereocenters. The van der Waals surface area contributed by atoms with Crippen LogP contribution in [0.25, 0.3) is 0 Å². The van der Waals surface area contributed by atoms with Gasteiger partial charge >= 0.3 is 0 Å². The van der Waals surface area contributed by atoms with E-state index in [4.69, 9.17) is 9.47 Å². The summed E-state index contributed by atoms with van der Waals surface area (Å²) in [6.07, 6.45) is 0. The van der Waals surface area contributed by atoms with Crippen LogP contribution in [0, 0.1) is 0 Å². The summed E-state index contributed by atoms with van der Waals surface area (Å²) in [5.74, 6) is 1.11. The predicted octanol–water partition coefficient (Wildman–Crippen LogP) is 0.782. The van der Waals surface area contributed by atoms with Gasteiger partial charge in [0.25, 0.3) is 0 Å². The number of nitrogens with zero attached hydrogens (tertiary/aromatic N) is 2. The van der Waals surface area contributed by atoms with Crippen molar-refractivity contribution in [1.82, 2.24) is 9.21 Å². The summed E-state index contributed by atoms with van der Waals surface area (Å²) in [4.78, 5) is 2.41. The van der Waals surface area contributed by atoms with E-state index in [0.717, 1.165) is 13.1 Å². The van der Waals surface area contributed by atoms with Crippen molar-refractivity contribution in [3.63, 3.8) is 0 Å². The highest BCUT2D eigenvalue weighted by molar-refractivity contribution is 7.89. The highest BCUT2D eigenvalue weighted by Crippen LogP contribution is 2.33. The van der Waals surface area contributed by atoms with Crippen LogP contribution in [0.15, 0.2) is 23.1 Å². The molecule has 1 fully saturated rings. The molecule has 7 heteroatoms. The van der Waals surface area contributed by atoms with Gasteiger partial charge < -0.3 is 14.4 Å². The molecule has 2 heterocycles. The molecule has 1 saturated heterocycles. The molecule has 6 nitrogen and oxygen atoms in total. The Hall–Kier alpha value is -1.31. The third-order valence-corrected chi connectivity index (χ3v) is 5.90. The van der Waals surface area contributed by atoms with E-state index in [0.29, 0.717) is 31.3 Å². The Morgan fingerprint density at radius 1 is 1.14 bits per heavy atom. The van der Waals surface area contributed by atoms with Crippen LogP contribution < -0.4 is 9.47 Å². The summed E-state index contributed by atoms with van der Waals surface area (Å²) in [6, 6.07) is 4.78. The van der Waals surface area contributed by atoms with Gasteiger partial charge in [-0.05, 0) is 26.1 Å². The number of fused-ring (bicyclic) bond motifs is 1. The fourth-order valence-corrected chi connectivity index (χ4v) is 4.43. The average molecular weight is 312 g/mol. The normalized spacial score (nSPS) is 24.0. The number of rotatable bonds is 2. The second kappa shape index (κ2) is 5.47. The Morgan fingerprint density at radius 2 is 1.86 bits per heavy atom. The van der Waals surface area contributed by atoms with Crippen molar-refractivity contribution in [3.05, 3.63) is 18.2 Å². The SMILES string of the molecule is CC1CN(C)CCN1S(=O)(=O)c1ccc2c(c1)OCCO2. The molecule has 21 heavy (non-hydrogen) atoms. The van der Waals surface area contributed by atoms with Gasteiger partial charge in [0.05, 0.1) is 4.90 Å². The molecule has 0 aromatic heterocycles. The maximum absolute atomic E-state index is 12.8. The zero-order chi connectivity index (χ0) is 15.0. The minimum absolute atomic E-state index is 0.0399. The monoisotopic (exact) mass is 312 g/mol. The number of sulfonamides is 1. The first-order valence-electron chi connectivity index (χ1n) is 7.08. The Morgan fingerprint density at radius 3 is 2.57 bits per heavy atom. The molecule has 2 aliphatic rings. The quantitative estimate of drug-likeness (QED) is 0.808. The molecule has 116 valence electrons. The van der Waals surface area contributed by atoms with Crippen LogP contribution in [0.5, 0.6) is 11.5 Å². The molecule has 1 aromatic rings. The number of hydrogen-bond donors (Lipinski definition) is 0. The molecule has 2 aliphatic heterocycles. The summed E-state index contributed by atoms with van der Waals surface area (Å²) in [5, 5.41) is 0. The van der Waals surface area contributed by atoms with E-state index < -0.39 is 10.0 Å². The third kappa shape index (κ3) is 2.73. The summed E-state index contributed by atoms with van der Waals surface area (Å²) in [5.41, 5.74) is 0. The molecule has 0 aliphatic carbocycles. The molecule has 1 unspecified atom stereocenters. The van der Waals surface area contributed by atoms with Crippen LogP contribution in [0.4, 0.5) is 0 Å². The molecule has 0 N–H and O–H groups in total. The average Bonchev–Trinajstić information content (AvgIpc) is 2.46. The maximum atomic E-state index is 12.8. The molecular weight excluding hydrogens is 292 g/mol.